The highest BCUT2D eigenvalue weighted by atomic mass is 32.1. The fourth-order valence-electron chi connectivity index (χ4n) is 0.881. The molecule has 1 rings (SSSR count). The first-order chi connectivity index (χ1) is 6.29. The fourth-order valence-corrected chi connectivity index (χ4v) is 0.960. The van der Waals surface area contributed by atoms with Crippen LogP contribution in [0.15, 0.2) is 48.6 Å². The first-order valence-corrected chi connectivity index (χ1v) is 4.39. The van der Waals surface area contributed by atoms with Gasteiger partial charge < -0.3 is 5.73 Å². The van der Waals surface area contributed by atoms with Crippen LogP contribution in [0.25, 0.3) is 6.08 Å². The molecule has 0 saturated heterocycles. The SMILES string of the molecule is NC(=S)C=CC=Cc1ccccc1. The molecule has 0 bridgehead atoms. The number of rotatable bonds is 3. The molecule has 1 aromatic rings. The lowest BCUT2D eigenvalue weighted by Gasteiger charge is -1.88. The van der Waals surface area contributed by atoms with E-state index in [9.17, 15) is 0 Å². The molecule has 1 aromatic carbocycles. The summed E-state index contributed by atoms with van der Waals surface area (Å²) in [4.78, 5) is 0.401. The van der Waals surface area contributed by atoms with E-state index < -0.39 is 0 Å². The molecule has 0 aliphatic heterocycles. The molecule has 1 nitrogen and oxygen atoms in total. The van der Waals surface area contributed by atoms with E-state index in [1.807, 2.05) is 48.6 Å². The maximum Gasteiger partial charge on any atom is 0.0961 e. The van der Waals surface area contributed by atoms with Gasteiger partial charge >= 0.3 is 0 Å². The second kappa shape index (κ2) is 5.27. The van der Waals surface area contributed by atoms with E-state index in [-0.39, 0.29) is 0 Å². The van der Waals surface area contributed by atoms with Crippen molar-refractivity contribution in [3.05, 3.63) is 54.1 Å². The Morgan fingerprint density at radius 1 is 1.15 bits per heavy atom. The maximum absolute atomic E-state index is 5.28. The molecule has 0 unspecified atom stereocenters. The van der Waals surface area contributed by atoms with Crippen molar-refractivity contribution in [3.8, 4) is 0 Å². The molecule has 0 heterocycles. The minimum absolute atomic E-state index is 0.401. The molecule has 0 radical (unpaired) electrons. The van der Waals surface area contributed by atoms with Crippen LogP contribution in [0.2, 0.25) is 0 Å². The maximum atomic E-state index is 5.28. The van der Waals surface area contributed by atoms with Gasteiger partial charge in [0.05, 0.1) is 4.99 Å². The van der Waals surface area contributed by atoms with Crippen LogP contribution < -0.4 is 5.73 Å². The predicted octanol–water partition coefficient (Wildman–Crippen LogP) is 2.54. The molecular formula is C11H11NS. The van der Waals surface area contributed by atoms with Gasteiger partial charge in [-0.3, -0.25) is 0 Å². The van der Waals surface area contributed by atoms with Gasteiger partial charge in [0.2, 0.25) is 0 Å². The van der Waals surface area contributed by atoms with E-state index in [2.05, 4.69) is 12.2 Å². The molecule has 0 aromatic heterocycles. The average Bonchev–Trinajstić information content (AvgIpc) is 2.14. The Labute approximate surface area is 83.6 Å². The van der Waals surface area contributed by atoms with Gasteiger partial charge in [-0.15, -0.1) is 0 Å². The Kier molecular flexibility index (Phi) is 3.93. The van der Waals surface area contributed by atoms with E-state index in [1.54, 1.807) is 6.08 Å². The Morgan fingerprint density at radius 2 is 1.85 bits per heavy atom. The van der Waals surface area contributed by atoms with Crippen LogP contribution in [0.4, 0.5) is 0 Å². The number of nitrogens with two attached hydrogens (primary N) is 1. The van der Waals surface area contributed by atoms with Crippen molar-refractivity contribution in [1.29, 1.82) is 0 Å². The molecule has 0 saturated carbocycles. The lowest BCUT2D eigenvalue weighted by atomic mass is 10.2. The number of hydrogen-bond acceptors (Lipinski definition) is 1. The van der Waals surface area contributed by atoms with E-state index in [0.717, 1.165) is 5.56 Å². The lowest BCUT2D eigenvalue weighted by Crippen LogP contribution is -2.01. The van der Waals surface area contributed by atoms with Crippen LogP contribution in [0.5, 0.6) is 0 Å². The molecule has 13 heavy (non-hydrogen) atoms. The van der Waals surface area contributed by atoms with E-state index >= 15 is 0 Å². The van der Waals surface area contributed by atoms with Gasteiger partial charge in [0.1, 0.15) is 0 Å². The predicted molar refractivity (Wildman–Crippen MR) is 61.4 cm³/mol. The lowest BCUT2D eigenvalue weighted by molar-refractivity contribution is 1.66. The van der Waals surface area contributed by atoms with Gasteiger partial charge in [0, 0.05) is 0 Å². The van der Waals surface area contributed by atoms with Gasteiger partial charge in [0.15, 0.2) is 0 Å². The summed E-state index contributed by atoms with van der Waals surface area (Å²) in [6.45, 7) is 0. The van der Waals surface area contributed by atoms with Crippen molar-refractivity contribution in [3.63, 3.8) is 0 Å². The standard InChI is InChI=1S/C11H11NS/c12-11(13)9-5-4-8-10-6-2-1-3-7-10/h1-9H,(H2,12,13). The Bertz CT molecular complexity index is 325. The third-order valence-electron chi connectivity index (χ3n) is 1.46. The minimum atomic E-state index is 0.401. The molecule has 2 heteroatoms. The molecule has 2 N–H and O–H groups in total. The highest BCUT2D eigenvalue weighted by Crippen LogP contribution is 2.00. The van der Waals surface area contributed by atoms with E-state index in [1.165, 1.54) is 0 Å². The minimum Gasteiger partial charge on any atom is -0.390 e. The summed E-state index contributed by atoms with van der Waals surface area (Å²) in [6, 6.07) is 10.0. The summed E-state index contributed by atoms with van der Waals surface area (Å²) in [6.07, 6.45) is 7.42. The van der Waals surface area contributed by atoms with Gasteiger partial charge in [0.25, 0.3) is 0 Å². The summed E-state index contributed by atoms with van der Waals surface area (Å²) in [5.41, 5.74) is 6.44. The van der Waals surface area contributed by atoms with Crippen LogP contribution in [-0.2, 0) is 0 Å². The largest absolute Gasteiger partial charge is 0.390 e. The van der Waals surface area contributed by atoms with Gasteiger partial charge in [-0.1, -0.05) is 60.8 Å². The van der Waals surface area contributed by atoms with Crippen molar-refractivity contribution in [1.82, 2.24) is 0 Å². The third kappa shape index (κ3) is 4.23. The third-order valence-corrected chi connectivity index (χ3v) is 1.60. The van der Waals surface area contributed by atoms with E-state index in [0.29, 0.717) is 4.99 Å². The number of benzene rings is 1. The molecule has 0 atom stereocenters. The molecule has 0 aliphatic carbocycles. The average molecular weight is 189 g/mol. The molecule has 0 amide bonds. The zero-order chi connectivity index (χ0) is 9.52. The first kappa shape index (κ1) is 9.68. The summed E-state index contributed by atoms with van der Waals surface area (Å²) >= 11 is 4.68. The molecular weight excluding hydrogens is 178 g/mol. The number of thiocarbonyl (C=S) groups is 1. The quantitative estimate of drug-likeness (QED) is 0.449. The number of hydrogen-bond donors (Lipinski definition) is 1. The Hall–Kier alpha value is -1.41. The number of allylic oxidation sites excluding steroid dienone is 2. The van der Waals surface area contributed by atoms with Crippen molar-refractivity contribution in [2.75, 3.05) is 0 Å². The molecule has 66 valence electrons. The zero-order valence-electron chi connectivity index (χ0n) is 7.18. The zero-order valence-corrected chi connectivity index (χ0v) is 8.00. The van der Waals surface area contributed by atoms with Crippen LogP contribution in [0.1, 0.15) is 5.56 Å². The van der Waals surface area contributed by atoms with Crippen LogP contribution in [0, 0.1) is 0 Å². The smallest absolute Gasteiger partial charge is 0.0961 e. The summed E-state index contributed by atoms with van der Waals surface area (Å²) in [7, 11) is 0. The monoisotopic (exact) mass is 189 g/mol. The molecule has 0 aliphatic rings. The van der Waals surface area contributed by atoms with Crippen molar-refractivity contribution in [2.45, 2.75) is 0 Å². The van der Waals surface area contributed by atoms with Crippen molar-refractivity contribution >= 4 is 23.3 Å². The van der Waals surface area contributed by atoms with Crippen LogP contribution in [-0.4, -0.2) is 4.99 Å². The summed E-state index contributed by atoms with van der Waals surface area (Å²) in [5.74, 6) is 0. The summed E-state index contributed by atoms with van der Waals surface area (Å²) < 4.78 is 0. The normalized spacial score (nSPS) is 11.1. The Balaban J connectivity index is 2.55. The first-order valence-electron chi connectivity index (χ1n) is 3.98. The second-order valence-electron chi connectivity index (χ2n) is 2.53. The second-order valence-corrected chi connectivity index (χ2v) is 3.00. The van der Waals surface area contributed by atoms with E-state index in [4.69, 9.17) is 5.73 Å². The Morgan fingerprint density at radius 3 is 2.46 bits per heavy atom. The van der Waals surface area contributed by atoms with Crippen LogP contribution >= 0.6 is 12.2 Å². The fraction of sp³-hybridized carbons (Fsp3) is 0. The highest BCUT2D eigenvalue weighted by molar-refractivity contribution is 7.80. The van der Waals surface area contributed by atoms with Crippen molar-refractivity contribution in [2.24, 2.45) is 5.73 Å². The molecule has 0 fully saturated rings. The summed E-state index contributed by atoms with van der Waals surface area (Å²) in [5, 5.41) is 0. The topological polar surface area (TPSA) is 26.0 Å². The highest BCUT2D eigenvalue weighted by Gasteiger charge is 1.79. The molecule has 0 spiro atoms. The van der Waals surface area contributed by atoms with Crippen LogP contribution in [0.3, 0.4) is 0 Å². The van der Waals surface area contributed by atoms with Gasteiger partial charge in [-0.05, 0) is 11.6 Å². The van der Waals surface area contributed by atoms with Gasteiger partial charge in [-0.2, -0.15) is 0 Å². The van der Waals surface area contributed by atoms with Gasteiger partial charge in [-0.25, -0.2) is 0 Å². The van der Waals surface area contributed by atoms with Crippen molar-refractivity contribution < 1.29 is 0 Å².